The van der Waals surface area contributed by atoms with Crippen LogP contribution in [0, 0.1) is 5.41 Å². The highest BCUT2D eigenvalue weighted by Gasteiger charge is 2.20. The van der Waals surface area contributed by atoms with Gasteiger partial charge >= 0.3 is 0 Å². The Morgan fingerprint density at radius 3 is 2.59 bits per heavy atom. The maximum absolute atomic E-state index is 12.7. The van der Waals surface area contributed by atoms with E-state index < -0.39 is 5.41 Å². The van der Waals surface area contributed by atoms with Crippen molar-refractivity contribution in [2.45, 2.75) is 33.9 Å². The van der Waals surface area contributed by atoms with Gasteiger partial charge in [0.15, 0.2) is 5.65 Å². The number of carbonyl (C=O) groups is 1. The summed E-state index contributed by atoms with van der Waals surface area (Å²) in [6.45, 7) is 6.91. The second-order valence-corrected chi connectivity index (χ2v) is 8.33. The van der Waals surface area contributed by atoms with Gasteiger partial charge in [0.1, 0.15) is 11.7 Å². The van der Waals surface area contributed by atoms with Crippen molar-refractivity contribution in [2.24, 2.45) is 5.41 Å². The zero-order chi connectivity index (χ0) is 19.6. The summed E-state index contributed by atoms with van der Waals surface area (Å²) >= 11 is 3.40. The van der Waals surface area contributed by atoms with Crippen molar-refractivity contribution in [2.75, 3.05) is 6.54 Å². The fraction of sp³-hybridized carbons (Fsp3) is 0.368. The first-order valence-corrected chi connectivity index (χ1v) is 9.49. The lowest BCUT2D eigenvalue weighted by Gasteiger charge is -2.17. The van der Waals surface area contributed by atoms with Crippen LogP contribution in [0.25, 0.3) is 11.0 Å². The van der Waals surface area contributed by atoms with Crippen LogP contribution in [0.5, 0.6) is 0 Å². The first-order chi connectivity index (χ1) is 12.8. The van der Waals surface area contributed by atoms with E-state index in [9.17, 15) is 9.59 Å². The quantitative estimate of drug-likeness (QED) is 0.672. The molecule has 2 aromatic heterocycles. The highest BCUT2D eigenvalue weighted by atomic mass is 79.9. The molecule has 1 amide bonds. The van der Waals surface area contributed by atoms with E-state index in [1.165, 1.54) is 6.20 Å². The Balaban J connectivity index is 1.75. The number of nitrogens with zero attached hydrogens (tertiary/aromatic N) is 4. The third kappa shape index (κ3) is 4.44. The molecular weight excluding hydrogens is 410 g/mol. The summed E-state index contributed by atoms with van der Waals surface area (Å²) in [5, 5.41) is 7.60. The number of nitrogens with one attached hydrogen (secondary N) is 1. The number of benzene rings is 1. The number of halogens is 1. The molecule has 0 bridgehead atoms. The lowest BCUT2D eigenvalue weighted by atomic mass is 9.96. The summed E-state index contributed by atoms with van der Waals surface area (Å²) < 4.78 is 4.20. The standard InChI is InChI=1S/C19H22BrN5O2/c1-19(2,3)18(27)21-8-9-25-16-15(10-23-25)17(26)24(12-22-16)11-13-4-6-14(20)7-5-13/h4-7,10,12H,8-9,11H2,1-3H3,(H,21,27). The van der Waals surface area contributed by atoms with Gasteiger partial charge < -0.3 is 5.32 Å². The van der Waals surface area contributed by atoms with Gasteiger partial charge in [-0.2, -0.15) is 5.10 Å². The van der Waals surface area contributed by atoms with Crippen LogP contribution in [0.1, 0.15) is 26.3 Å². The molecular formula is C19H22BrN5O2. The van der Waals surface area contributed by atoms with Crippen LogP contribution in [-0.2, 0) is 17.9 Å². The Kier molecular flexibility index (Phi) is 5.46. The van der Waals surface area contributed by atoms with Gasteiger partial charge in [-0.3, -0.25) is 14.2 Å². The van der Waals surface area contributed by atoms with Crippen LogP contribution < -0.4 is 10.9 Å². The van der Waals surface area contributed by atoms with Crippen molar-refractivity contribution < 1.29 is 4.79 Å². The third-order valence-electron chi connectivity index (χ3n) is 4.18. The molecule has 0 aliphatic heterocycles. The van der Waals surface area contributed by atoms with Crippen LogP contribution in [0.4, 0.5) is 0 Å². The average molecular weight is 432 g/mol. The minimum absolute atomic E-state index is 0.0243. The zero-order valence-corrected chi connectivity index (χ0v) is 17.2. The molecule has 3 rings (SSSR count). The number of aromatic nitrogens is 4. The van der Waals surface area contributed by atoms with E-state index in [0.717, 1.165) is 10.0 Å². The van der Waals surface area contributed by atoms with E-state index >= 15 is 0 Å². The summed E-state index contributed by atoms with van der Waals surface area (Å²) in [6.07, 6.45) is 3.08. The summed E-state index contributed by atoms with van der Waals surface area (Å²) in [7, 11) is 0. The van der Waals surface area contributed by atoms with Gasteiger partial charge in [0, 0.05) is 16.4 Å². The average Bonchev–Trinajstić information content (AvgIpc) is 3.02. The molecule has 0 aliphatic rings. The maximum atomic E-state index is 12.7. The molecule has 0 atom stereocenters. The number of carbonyl (C=O) groups excluding carboxylic acids is 1. The fourth-order valence-electron chi connectivity index (χ4n) is 2.60. The van der Waals surface area contributed by atoms with Crippen molar-refractivity contribution in [1.82, 2.24) is 24.6 Å². The molecule has 8 heteroatoms. The van der Waals surface area contributed by atoms with E-state index in [-0.39, 0.29) is 11.5 Å². The molecule has 27 heavy (non-hydrogen) atoms. The number of hydrogen-bond donors (Lipinski definition) is 1. The van der Waals surface area contributed by atoms with Gasteiger partial charge in [0.2, 0.25) is 5.91 Å². The lowest BCUT2D eigenvalue weighted by Crippen LogP contribution is -2.36. The minimum Gasteiger partial charge on any atom is -0.354 e. The molecule has 1 aromatic carbocycles. The third-order valence-corrected chi connectivity index (χ3v) is 4.71. The summed E-state index contributed by atoms with van der Waals surface area (Å²) in [5.41, 5.74) is 0.967. The molecule has 0 saturated carbocycles. The SMILES string of the molecule is CC(C)(C)C(=O)NCCn1ncc2c(=O)n(Cc3ccc(Br)cc3)cnc21. The van der Waals surface area contributed by atoms with Crippen molar-refractivity contribution in [1.29, 1.82) is 0 Å². The van der Waals surface area contributed by atoms with Gasteiger partial charge in [0.05, 0.1) is 19.3 Å². The molecule has 142 valence electrons. The molecule has 0 aliphatic carbocycles. The van der Waals surface area contributed by atoms with Crippen molar-refractivity contribution in [3.8, 4) is 0 Å². The largest absolute Gasteiger partial charge is 0.354 e. The Bertz CT molecular complexity index is 1020. The van der Waals surface area contributed by atoms with Crippen LogP contribution in [0.2, 0.25) is 0 Å². The van der Waals surface area contributed by atoms with Gasteiger partial charge in [-0.05, 0) is 17.7 Å². The molecule has 0 unspecified atom stereocenters. The number of rotatable bonds is 5. The smallest absolute Gasteiger partial charge is 0.264 e. The number of hydrogen-bond acceptors (Lipinski definition) is 4. The Hall–Kier alpha value is -2.48. The Morgan fingerprint density at radius 1 is 1.22 bits per heavy atom. The Labute approximate surface area is 165 Å². The summed E-state index contributed by atoms with van der Waals surface area (Å²) in [4.78, 5) is 29.1. The van der Waals surface area contributed by atoms with Gasteiger partial charge in [-0.15, -0.1) is 0 Å². The fourth-order valence-corrected chi connectivity index (χ4v) is 2.87. The van der Waals surface area contributed by atoms with Crippen LogP contribution in [0.15, 0.2) is 46.1 Å². The van der Waals surface area contributed by atoms with E-state index in [2.05, 4.69) is 31.3 Å². The molecule has 0 fully saturated rings. The van der Waals surface area contributed by atoms with Crippen molar-refractivity contribution in [3.63, 3.8) is 0 Å². The first kappa shape index (κ1) is 19.3. The highest BCUT2D eigenvalue weighted by Crippen LogP contribution is 2.13. The molecule has 1 N–H and O–H groups in total. The summed E-state index contributed by atoms with van der Waals surface area (Å²) in [5.74, 6) is -0.0243. The molecule has 0 radical (unpaired) electrons. The van der Waals surface area contributed by atoms with E-state index in [4.69, 9.17) is 0 Å². The van der Waals surface area contributed by atoms with E-state index in [1.807, 2.05) is 45.0 Å². The maximum Gasteiger partial charge on any atom is 0.264 e. The summed E-state index contributed by atoms with van der Waals surface area (Å²) in [6, 6.07) is 7.80. The van der Waals surface area contributed by atoms with Crippen molar-refractivity contribution in [3.05, 3.63) is 57.2 Å². The van der Waals surface area contributed by atoms with Crippen LogP contribution >= 0.6 is 15.9 Å². The molecule has 7 nitrogen and oxygen atoms in total. The van der Waals surface area contributed by atoms with Gasteiger partial charge in [-0.25, -0.2) is 9.67 Å². The van der Waals surface area contributed by atoms with E-state index in [0.29, 0.717) is 30.7 Å². The zero-order valence-electron chi connectivity index (χ0n) is 15.6. The highest BCUT2D eigenvalue weighted by molar-refractivity contribution is 9.10. The molecule has 0 spiro atoms. The van der Waals surface area contributed by atoms with Gasteiger partial charge in [-0.1, -0.05) is 48.8 Å². The first-order valence-electron chi connectivity index (χ1n) is 8.69. The second-order valence-electron chi connectivity index (χ2n) is 7.41. The molecule has 2 heterocycles. The van der Waals surface area contributed by atoms with E-state index in [1.54, 1.807) is 15.6 Å². The topological polar surface area (TPSA) is 81.8 Å². The normalized spacial score (nSPS) is 11.7. The van der Waals surface area contributed by atoms with Crippen LogP contribution in [0.3, 0.4) is 0 Å². The van der Waals surface area contributed by atoms with Crippen molar-refractivity contribution >= 4 is 32.9 Å². The predicted molar refractivity (Wildman–Crippen MR) is 107 cm³/mol. The predicted octanol–water partition coefficient (Wildman–Crippen LogP) is 2.57. The second kappa shape index (κ2) is 7.64. The van der Waals surface area contributed by atoms with Crippen LogP contribution in [-0.4, -0.2) is 31.8 Å². The Morgan fingerprint density at radius 2 is 1.93 bits per heavy atom. The van der Waals surface area contributed by atoms with Gasteiger partial charge in [0.25, 0.3) is 5.56 Å². The number of fused-ring (bicyclic) bond motifs is 1. The monoisotopic (exact) mass is 431 g/mol. The number of amides is 1. The molecule has 0 saturated heterocycles. The molecule has 3 aromatic rings. The lowest BCUT2D eigenvalue weighted by molar-refractivity contribution is -0.128. The minimum atomic E-state index is -0.439.